The molecule has 14 rings (SSSR count). The van der Waals surface area contributed by atoms with Crippen LogP contribution >= 0.6 is 11.3 Å². The van der Waals surface area contributed by atoms with Crippen LogP contribution in [0.15, 0.2) is 229 Å². The van der Waals surface area contributed by atoms with Gasteiger partial charge in [0.2, 0.25) is 0 Å². The SMILES string of the molecule is c1ccc(-c2ccc(N(c3ccc(-c4cccc5ccccc45)cc3)c3ccc4sc5c(c4c3)Oc3ccccc3C53c4ccccc4-c4ccccc43)c3c2oc2ccccc23)cc1. The quantitative estimate of drug-likeness (QED) is 0.173. The summed E-state index contributed by atoms with van der Waals surface area (Å²) >= 11 is 1.85. The van der Waals surface area contributed by atoms with E-state index in [-0.39, 0.29) is 0 Å². The fraction of sp³-hybridized carbons (Fsp3) is 0.0164. The van der Waals surface area contributed by atoms with Crippen LogP contribution in [-0.4, -0.2) is 0 Å². The molecule has 1 spiro atoms. The molecule has 0 atom stereocenters. The summed E-state index contributed by atoms with van der Waals surface area (Å²) in [7, 11) is 0. The number of fused-ring (bicyclic) bond motifs is 15. The van der Waals surface area contributed by atoms with E-state index in [9.17, 15) is 0 Å². The van der Waals surface area contributed by atoms with Crippen molar-refractivity contribution in [1.82, 2.24) is 0 Å². The van der Waals surface area contributed by atoms with Crippen molar-refractivity contribution >= 4 is 71.2 Å². The molecule has 2 aromatic heterocycles. The third-order valence-electron chi connectivity index (χ3n) is 13.7. The van der Waals surface area contributed by atoms with Gasteiger partial charge in [-0.25, -0.2) is 0 Å². The van der Waals surface area contributed by atoms with Crippen LogP contribution < -0.4 is 9.64 Å². The second-order valence-corrected chi connectivity index (χ2v) is 18.1. The number of hydrogen-bond acceptors (Lipinski definition) is 4. The predicted molar refractivity (Wildman–Crippen MR) is 270 cm³/mol. The van der Waals surface area contributed by atoms with Crippen molar-refractivity contribution in [3.05, 3.63) is 246 Å². The Labute approximate surface area is 379 Å². The van der Waals surface area contributed by atoms with Crippen molar-refractivity contribution in [3.63, 3.8) is 0 Å². The number of para-hydroxylation sites is 2. The lowest BCUT2D eigenvalue weighted by atomic mass is 9.69. The molecule has 0 unspecified atom stereocenters. The molecule has 3 nitrogen and oxygen atoms in total. The number of benzene rings is 10. The maximum atomic E-state index is 7.15. The Morgan fingerprint density at radius 1 is 0.431 bits per heavy atom. The number of thiophene rings is 1. The molecule has 10 aromatic carbocycles. The van der Waals surface area contributed by atoms with Gasteiger partial charge in [0, 0.05) is 38.0 Å². The first-order valence-electron chi connectivity index (χ1n) is 22.2. The first kappa shape index (κ1) is 36.3. The van der Waals surface area contributed by atoms with Gasteiger partial charge in [-0.3, -0.25) is 0 Å². The Balaban J connectivity index is 1.02. The normalized spacial score (nSPS) is 13.2. The first-order valence-corrected chi connectivity index (χ1v) is 23.0. The van der Waals surface area contributed by atoms with Gasteiger partial charge in [-0.15, -0.1) is 11.3 Å². The van der Waals surface area contributed by atoms with Gasteiger partial charge in [-0.2, -0.15) is 0 Å². The standard InChI is InChI=1S/C61H37NO2S/c1-2-15-39(16-3-1)45-34-35-53(57-48-22-8-12-27-54(48)63-58(45)57)62(41-31-29-40(30-32-41)44-23-14-18-38-17-4-5-19-43(38)44)42-33-36-56-49(37-42)59-60(65-56)61(52-26-11-13-28-55(52)64-59)50-24-9-6-20-46(50)47-21-7-10-25-51(47)61/h1-37H. The van der Waals surface area contributed by atoms with E-state index in [0.29, 0.717) is 0 Å². The largest absolute Gasteiger partial charge is 0.455 e. The highest BCUT2D eigenvalue weighted by Crippen LogP contribution is 2.65. The molecule has 0 saturated heterocycles. The fourth-order valence-electron chi connectivity index (χ4n) is 11.0. The number of rotatable bonds is 5. The Hall–Kier alpha value is -8.18. The van der Waals surface area contributed by atoms with Crippen LogP contribution in [0.4, 0.5) is 17.1 Å². The molecule has 3 heterocycles. The second kappa shape index (κ2) is 13.9. The van der Waals surface area contributed by atoms with E-state index in [1.54, 1.807) is 0 Å². The lowest BCUT2D eigenvalue weighted by Crippen LogP contribution is -2.30. The third-order valence-corrected chi connectivity index (χ3v) is 15.0. The monoisotopic (exact) mass is 847 g/mol. The van der Waals surface area contributed by atoms with E-state index >= 15 is 0 Å². The van der Waals surface area contributed by atoms with Crippen LogP contribution in [0.3, 0.4) is 0 Å². The Morgan fingerprint density at radius 2 is 1.06 bits per heavy atom. The third kappa shape index (κ3) is 5.17. The van der Waals surface area contributed by atoms with Crippen LogP contribution in [0.1, 0.15) is 21.6 Å². The lowest BCUT2D eigenvalue weighted by Gasteiger charge is -2.37. The van der Waals surface area contributed by atoms with E-state index in [4.69, 9.17) is 9.15 Å². The molecule has 4 heteroatoms. The number of hydrogen-bond donors (Lipinski definition) is 0. The van der Waals surface area contributed by atoms with Gasteiger partial charge in [0.05, 0.1) is 21.4 Å². The Bertz CT molecular complexity index is 3830. The zero-order valence-corrected chi connectivity index (χ0v) is 35.9. The summed E-state index contributed by atoms with van der Waals surface area (Å²) in [5.41, 5.74) is 15.2. The highest BCUT2D eigenvalue weighted by atomic mass is 32.1. The maximum Gasteiger partial charge on any atom is 0.150 e. The van der Waals surface area contributed by atoms with E-state index < -0.39 is 5.41 Å². The van der Waals surface area contributed by atoms with Crippen molar-refractivity contribution in [2.45, 2.75) is 5.41 Å². The molecule has 1 aliphatic heterocycles. The fourth-order valence-corrected chi connectivity index (χ4v) is 12.3. The molecular weight excluding hydrogens is 811 g/mol. The summed E-state index contributed by atoms with van der Waals surface area (Å²) in [6, 6.07) is 81.1. The summed E-state index contributed by atoms with van der Waals surface area (Å²) in [6.45, 7) is 0. The van der Waals surface area contributed by atoms with Gasteiger partial charge < -0.3 is 14.1 Å². The minimum atomic E-state index is -0.520. The molecular formula is C61H37NO2S. The highest BCUT2D eigenvalue weighted by Gasteiger charge is 2.52. The smallest absolute Gasteiger partial charge is 0.150 e. The van der Waals surface area contributed by atoms with Gasteiger partial charge in [0.15, 0.2) is 5.75 Å². The van der Waals surface area contributed by atoms with Gasteiger partial charge in [-0.1, -0.05) is 170 Å². The van der Waals surface area contributed by atoms with E-state index in [1.165, 1.54) is 59.3 Å². The molecule has 0 bridgehead atoms. The van der Waals surface area contributed by atoms with Crippen molar-refractivity contribution < 1.29 is 9.15 Å². The average molecular weight is 848 g/mol. The average Bonchev–Trinajstić information content (AvgIpc) is 4.04. The van der Waals surface area contributed by atoms with Crippen LogP contribution in [0.2, 0.25) is 0 Å². The maximum absolute atomic E-state index is 7.15. The molecule has 65 heavy (non-hydrogen) atoms. The van der Waals surface area contributed by atoms with Crippen LogP contribution in [0.25, 0.3) is 76.2 Å². The topological polar surface area (TPSA) is 25.6 Å². The van der Waals surface area contributed by atoms with Gasteiger partial charge in [0.1, 0.15) is 16.9 Å². The zero-order valence-electron chi connectivity index (χ0n) is 35.0. The Morgan fingerprint density at radius 3 is 1.88 bits per heavy atom. The number of nitrogens with zero attached hydrogens (tertiary/aromatic N) is 1. The summed E-state index contributed by atoms with van der Waals surface area (Å²) in [5, 5.41) is 5.69. The van der Waals surface area contributed by atoms with Crippen LogP contribution in [0.5, 0.6) is 11.5 Å². The van der Waals surface area contributed by atoms with E-state index in [2.05, 4.69) is 229 Å². The number of anilines is 3. The second-order valence-electron chi connectivity index (χ2n) is 17.1. The van der Waals surface area contributed by atoms with Crippen LogP contribution in [0, 0.1) is 0 Å². The lowest BCUT2D eigenvalue weighted by molar-refractivity contribution is 0.447. The summed E-state index contributed by atoms with van der Waals surface area (Å²) in [4.78, 5) is 3.62. The van der Waals surface area contributed by atoms with Crippen molar-refractivity contribution in [3.8, 4) is 44.9 Å². The predicted octanol–water partition coefficient (Wildman–Crippen LogP) is 17.2. The Kier molecular flexibility index (Phi) is 7.77. The zero-order chi connectivity index (χ0) is 42.6. The minimum Gasteiger partial charge on any atom is -0.455 e. The summed E-state index contributed by atoms with van der Waals surface area (Å²) in [6.07, 6.45) is 0. The van der Waals surface area contributed by atoms with Gasteiger partial charge in [0.25, 0.3) is 0 Å². The number of ether oxygens (including phenoxy) is 1. The molecule has 0 saturated carbocycles. The van der Waals surface area contributed by atoms with E-state index in [0.717, 1.165) is 67.0 Å². The highest BCUT2D eigenvalue weighted by molar-refractivity contribution is 7.19. The van der Waals surface area contributed by atoms with Crippen molar-refractivity contribution in [2.75, 3.05) is 4.90 Å². The molecule has 304 valence electrons. The molecule has 1 aliphatic carbocycles. The summed E-state index contributed by atoms with van der Waals surface area (Å²) < 4.78 is 15.2. The molecule has 2 aliphatic rings. The molecule has 0 N–H and O–H groups in total. The number of furan rings is 1. The molecule has 0 fully saturated rings. The summed E-state index contributed by atoms with van der Waals surface area (Å²) in [5.74, 6) is 1.81. The molecule has 0 amide bonds. The van der Waals surface area contributed by atoms with Gasteiger partial charge >= 0.3 is 0 Å². The van der Waals surface area contributed by atoms with Crippen LogP contribution in [-0.2, 0) is 5.41 Å². The van der Waals surface area contributed by atoms with Gasteiger partial charge in [-0.05, 0) is 104 Å². The first-order chi connectivity index (χ1) is 32.2. The molecule has 12 aromatic rings. The minimum absolute atomic E-state index is 0.520. The van der Waals surface area contributed by atoms with E-state index in [1.807, 2.05) is 11.3 Å². The van der Waals surface area contributed by atoms with Crippen molar-refractivity contribution in [2.24, 2.45) is 0 Å². The molecule has 0 radical (unpaired) electrons. The van der Waals surface area contributed by atoms with Crippen molar-refractivity contribution in [1.29, 1.82) is 0 Å².